The molecule has 136 valence electrons. The minimum Gasteiger partial charge on any atom is -0.459 e. The fourth-order valence-corrected chi connectivity index (χ4v) is 2.34. The number of tetrazole rings is 2. The second kappa shape index (κ2) is 7.81. The summed E-state index contributed by atoms with van der Waals surface area (Å²) in [6.07, 6.45) is 0.743. The lowest BCUT2D eigenvalue weighted by Gasteiger charge is -2.08. The number of nitrogens with zero attached hydrogens (tertiary/aromatic N) is 8. The summed E-state index contributed by atoms with van der Waals surface area (Å²) >= 11 is 0. The molecule has 0 unspecified atom stereocenters. The summed E-state index contributed by atoms with van der Waals surface area (Å²) in [4.78, 5) is 13.5. The molecule has 0 fully saturated rings. The normalized spacial score (nSPS) is 11.1. The Balaban J connectivity index is 1.77. The van der Waals surface area contributed by atoms with E-state index in [1.165, 1.54) is 4.80 Å². The first-order valence-electron chi connectivity index (χ1n) is 8.41. The van der Waals surface area contributed by atoms with Gasteiger partial charge < -0.3 is 4.74 Å². The summed E-state index contributed by atoms with van der Waals surface area (Å²) < 4.78 is 6.93. The van der Waals surface area contributed by atoms with Crippen molar-refractivity contribution in [2.45, 2.75) is 46.4 Å². The number of carbonyl (C=O) groups is 1. The zero-order valence-corrected chi connectivity index (χ0v) is 14.9. The fraction of sp³-hybridized carbons (Fsp3) is 0.438. The average molecular weight is 356 g/mol. The van der Waals surface area contributed by atoms with Crippen LogP contribution in [0.2, 0.25) is 0 Å². The molecule has 10 heteroatoms. The summed E-state index contributed by atoms with van der Waals surface area (Å²) in [7, 11) is 0. The molecule has 2 aromatic heterocycles. The summed E-state index contributed by atoms with van der Waals surface area (Å²) in [5, 5.41) is 24.1. The van der Waals surface area contributed by atoms with E-state index in [0.29, 0.717) is 29.3 Å². The number of ether oxygens (including phenoxy) is 1. The number of rotatable bonds is 7. The smallest absolute Gasteiger partial charge is 0.338 e. The van der Waals surface area contributed by atoms with E-state index in [0.717, 1.165) is 13.0 Å². The monoisotopic (exact) mass is 356 g/mol. The quantitative estimate of drug-likeness (QED) is 0.583. The van der Waals surface area contributed by atoms with Crippen molar-refractivity contribution in [3.05, 3.63) is 35.7 Å². The Bertz CT molecular complexity index is 886. The average Bonchev–Trinajstić information content (AvgIpc) is 3.25. The summed E-state index contributed by atoms with van der Waals surface area (Å²) in [5.41, 5.74) is 1.13. The Hall–Kier alpha value is -3.17. The third-order valence-corrected chi connectivity index (χ3v) is 3.48. The lowest BCUT2D eigenvalue weighted by Crippen LogP contribution is -2.12. The standard InChI is InChI=1S/C16H20N8O2/c1-4-8-23-14(17-20-22-23)10-24-19-15(18-21-24)12-6-5-7-13(9-12)16(25)26-11(2)3/h5-7,9,11H,4,8,10H2,1-3H3. The van der Waals surface area contributed by atoms with E-state index in [2.05, 4.69) is 37.9 Å². The molecule has 0 aliphatic rings. The Morgan fingerprint density at radius 3 is 2.85 bits per heavy atom. The highest BCUT2D eigenvalue weighted by Crippen LogP contribution is 2.16. The van der Waals surface area contributed by atoms with Crippen molar-refractivity contribution >= 4 is 5.97 Å². The third-order valence-electron chi connectivity index (χ3n) is 3.48. The van der Waals surface area contributed by atoms with Crippen LogP contribution in [0.15, 0.2) is 24.3 Å². The summed E-state index contributed by atoms with van der Waals surface area (Å²) in [6.45, 7) is 6.70. The van der Waals surface area contributed by atoms with Gasteiger partial charge >= 0.3 is 5.97 Å². The summed E-state index contributed by atoms with van der Waals surface area (Å²) in [6, 6.07) is 6.95. The number of benzene rings is 1. The largest absolute Gasteiger partial charge is 0.459 e. The number of aryl methyl sites for hydroxylation is 1. The highest BCUT2D eigenvalue weighted by atomic mass is 16.5. The van der Waals surface area contributed by atoms with Gasteiger partial charge in [-0.2, -0.15) is 4.80 Å². The molecule has 0 saturated carbocycles. The number of hydrogen-bond acceptors (Lipinski definition) is 8. The zero-order valence-electron chi connectivity index (χ0n) is 14.9. The van der Waals surface area contributed by atoms with E-state index in [9.17, 15) is 4.79 Å². The topological polar surface area (TPSA) is 114 Å². The first-order valence-corrected chi connectivity index (χ1v) is 8.41. The van der Waals surface area contributed by atoms with Gasteiger partial charge in [0, 0.05) is 12.1 Å². The molecule has 1 aromatic carbocycles. The van der Waals surface area contributed by atoms with Crippen molar-refractivity contribution in [1.82, 2.24) is 40.4 Å². The molecule has 3 aromatic rings. The number of carbonyl (C=O) groups excluding carboxylic acids is 1. The van der Waals surface area contributed by atoms with Crippen LogP contribution in [0.5, 0.6) is 0 Å². The maximum atomic E-state index is 12.0. The molecule has 0 aliphatic carbocycles. The molecule has 26 heavy (non-hydrogen) atoms. The van der Waals surface area contributed by atoms with Crippen molar-refractivity contribution in [1.29, 1.82) is 0 Å². The number of hydrogen-bond donors (Lipinski definition) is 0. The molecule has 0 aliphatic heterocycles. The van der Waals surface area contributed by atoms with Crippen LogP contribution in [-0.4, -0.2) is 52.5 Å². The summed E-state index contributed by atoms with van der Waals surface area (Å²) in [5.74, 6) is 0.691. The maximum Gasteiger partial charge on any atom is 0.338 e. The molecular formula is C16H20N8O2. The van der Waals surface area contributed by atoms with Crippen LogP contribution in [-0.2, 0) is 17.8 Å². The molecule has 3 rings (SSSR count). The van der Waals surface area contributed by atoms with Gasteiger partial charge in [0.25, 0.3) is 0 Å². The van der Waals surface area contributed by atoms with Crippen molar-refractivity contribution in [3.63, 3.8) is 0 Å². The van der Waals surface area contributed by atoms with Crippen LogP contribution in [0.25, 0.3) is 11.4 Å². The molecule has 0 bridgehead atoms. The van der Waals surface area contributed by atoms with E-state index in [-0.39, 0.29) is 12.1 Å². The molecular weight excluding hydrogens is 336 g/mol. The highest BCUT2D eigenvalue weighted by Gasteiger charge is 2.14. The molecule has 0 spiro atoms. The van der Waals surface area contributed by atoms with Crippen LogP contribution in [0.3, 0.4) is 0 Å². The predicted octanol–water partition coefficient (Wildman–Crippen LogP) is 1.35. The van der Waals surface area contributed by atoms with E-state index in [4.69, 9.17) is 4.74 Å². The van der Waals surface area contributed by atoms with Crippen molar-refractivity contribution in [3.8, 4) is 11.4 Å². The minimum atomic E-state index is -0.381. The van der Waals surface area contributed by atoms with E-state index in [1.54, 1.807) is 36.7 Å². The molecule has 10 nitrogen and oxygen atoms in total. The highest BCUT2D eigenvalue weighted by molar-refractivity contribution is 5.90. The van der Waals surface area contributed by atoms with Gasteiger partial charge in [-0.1, -0.05) is 19.1 Å². The second-order valence-corrected chi connectivity index (χ2v) is 6.00. The molecule has 0 radical (unpaired) electrons. The van der Waals surface area contributed by atoms with Crippen molar-refractivity contribution in [2.24, 2.45) is 0 Å². The number of aromatic nitrogens is 8. The minimum absolute atomic E-state index is 0.181. The number of esters is 1. The Kier molecular flexibility index (Phi) is 5.30. The van der Waals surface area contributed by atoms with Gasteiger partial charge in [-0.25, -0.2) is 9.48 Å². The third kappa shape index (κ3) is 4.08. The first kappa shape index (κ1) is 17.6. The van der Waals surface area contributed by atoms with Crippen LogP contribution in [0.1, 0.15) is 43.4 Å². The zero-order chi connectivity index (χ0) is 18.5. The Morgan fingerprint density at radius 1 is 1.23 bits per heavy atom. The predicted molar refractivity (Wildman–Crippen MR) is 91.0 cm³/mol. The molecule has 0 atom stereocenters. The second-order valence-electron chi connectivity index (χ2n) is 6.00. The SMILES string of the molecule is CCCn1nnnc1Cn1nnc(-c2cccc(C(=O)OC(C)C)c2)n1. The molecule has 0 amide bonds. The Labute approximate surface area is 150 Å². The molecule has 0 N–H and O–H groups in total. The molecule has 2 heterocycles. The van der Waals surface area contributed by atoms with Gasteiger partial charge in [-0.05, 0) is 48.0 Å². The van der Waals surface area contributed by atoms with Crippen LogP contribution >= 0.6 is 0 Å². The molecule has 0 saturated heterocycles. The Morgan fingerprint density at radius 2 is 2.08 bits per heavy atom. The lowest BCUT2D eigenvalue weighted by molar-refractivity contribution is 0.0378. The first-order chi connectivity index (χ1) is 12.6. The van der Waals surface area contributed by atoms with Crippen LogP contribution in [0, 0.1) is 0 Å². The van der Waals surface area contributed by atoms with Gasteiger partial charge in [0.15, 0.2) is 5.82 Å². The lowest BCUT2D eigenvalue weighted by atomic mass is 10.1. The maximum absolute atomic E-state index is 12.0. The van der Waals surface area contributed by atoms with E-state index < -0.39 is 0 Å². The van der Waals surface area contributed by atoms with Crippen LogP contribution < -0.4 is 0 Å². The fourth-order valence-electron chi connectivity index (χ4n) is 2.34. The van der Waals surface area contributed by atoms with Gasteiger partial charge in [0.2, 0.25) is 5.82 Å². The van der Waals surface area contributed by atoms with Crippen LogP contribution in [0.4, 0.5) is 0 Å². The van der Waals surface area contributed by atoms with E-state index >= 15 is 0 Å². The van der Waals surface area contributed by atoms with Gasteiger partial charge in [-0.3, -0.25) is 0 Å². The van der Waals surface area contributed by atoms with Gasteiger partial charge in [0.1, 0.15) is 6.54 Å². The van der Waals surface area contributed by atoms with Crippen molar-refractivity contribution < 1.29 is 9.53 Å². The van der Waals surface area contributed by atoms with Crippen molar-refractivity contribution in [2.75, 3.05) is 0 Å². The van der Waals surface area contributed by atoms with Gasteiger partial charge in [-0.15, -0.1) is 15.3 Å². The van der Waals surface area contributed by atoms with E-state index in [1.807, 2.05) is 6.07 Å². The van der Waals surface area contributed by atoms with Gasteiger partial charge in [0.05, 0.1) is 11.7 Å².